The van der Waals surface area contributed by atoms with Crippen LogP contribution in [-0.2, 0) is 31.2 Å². The molecule has 0 N–H and O–H groups in total. The SMILES string of the molecule is CC(=O)SC(CF)(CC(=O)c1ccc2c(c1)COC21CN(C(=O)OC(C)(C)C)C1)c1cc(Cl)c(F)c(Cl)c1. The third kappa shape index (κ3) is 5.57. The van der Waals surface area contributed by atoms with Gasteiger partial charge in [-0.25, -0.2) is 13.6 Å². The van der Waals surface area contributed by atoms with Gasteiger partial charge in [-0.3, -0.25) is 9.59 Å². The van der Waals surface area contributed by atoms with Crippen LogP contribution >= 0.6 is 35.0 Å². The fourth-order valence-electron chi connectivity index (χ4n) is 4.72. The van der Waals surface area contributed by atoms with Crippen molar-refractivity contribution in [3.63, 3.8) is 0 Å². The molecule has 4 rings (SSSR count). The van der Waals surface area contributed by atoms with E-state index in [-0.39, 0.29) is 28.6 Å². The summed E-state index contributed by atoms with van der Waals surface area (Å²) in [5.41, 5.74) is 0.851. The number of thioether (sulfide) groups is 1. The summed E-state index contributed by atoms with van der Waals surface area (Å²) < 4.78 is 38.5. The average Bonchev–Trinajstić information content (AvgIpc) is 3.18. The molecule has 1 amide bonds. The van der Waals surface area contributed by atoms with Gasteiger partial charge in [0.05, 0.1) is 34.5 Å². The molecule has 0 radical (unpaired) electrons. The zero-order valence-electron chi connectivity index (χ0n) is 21.3. The van der Waals surface area contributed by atoms with Gasteiger partial charge in [0, 0.05) is 18.9 Å². The first-order valence-corrected chi connectivity index (χ1v) is 13.4. The molecule has 2 aliphatic heterocycles. The Bertz CT molecular complexity index is 1290. The first-order chi connectivity index (χ1) is 17.7. The monoisotopic (exact) mass is 585 g/mol. The summed E-state index contributed by atoms with van der Waals surface area (Å²) in [6, 6.07) is 7.48. The predicted octanol–water partition coefficient (Wildman–Crippen LogP) is 6.83. The van der Waals surface area contributed by atoms with Crippen LogP contribution in [-0.4, -0.2) is 47.3 Å². The summed E-state index contributed by atoms with van der Waals surface area (Å²) in [5.74, 6) is -1.28. The Morgan fingerprint density at radius 1 is 1.13 bits per heavy atom. The van der Waals surface area contributed by atoms with Crippen molar-refractivity contribution in [1.82, 2.24) is 4.90 Å². The van der Waals surface area contributed by atoms with Crippen molar-refractivity contribution in [2.45, 2.75) is 56.7 Å². The number of ketones is 1. The standard InChI is InChI=1S/C27H27Cl2F2NO5S/c1-15(33)38-27(12-30,18-8-20(28)23(31)21(29)9-18)10-22(34)16-5-6-19-17(7-16)11-36-26(19)13-32(14-26)24(35)37-25(2,3)4/h5-9H,10-14H2,1-4H3. The first kappa shape index (κ1) is 28.8. The number of nitrogens with zero attached hydrogens (tertiary/aromatic N) is 1. The van der Waals surface area contributed by atoms with E-state index >= 15 is 0 Å². The van der Waals surface area contributed by atoms with E-state index in [1.54, 1.807) is 43.9 Å². The largest absolute Gasteiger partial charge is 0.444 e. The lowest BCUT2D eigenvalue weighted by Gasteiger charge is -2.47. The number of halogens is 4. The maximum absolute atomic E-state index is 14.6. The molecule has 11 heteroatoms. The Morgan fingerprint density at radius 2 is 1.76 bits per heavy atom. The Labute approximate surface area is 233 Å². The number of hydrogen-bond acceptors (Lipinski definition) is 6. The van der Waals surface area contributed by atoms with Crippen molar-refractivity contribution in [3.8, 4) is 0 Å². The smallest absolute Gasteiger partial charge is 0.410 e. The van der Waals surface area contributed by atoms with Crippen molar-refractivity contribution in [1.29, 1.82) is 0 Å². The lowest BCUT2D eigenvalue weighted by atomic mass is 9.84. The molecule has 0 saturated carbocycles. The summed E-state index contributed by atoms with van der Waals surface area (Å²) in [4.78, 5) is 39.4. The fourth-order valence-corrected chi connectivity index (χ4v) is 6.25. The molecule has 0 aliphatic carbocycles. The van der Waals surface area contributed by atoms with Gasteiger partial charge in [-0.15, -0.1) is 0 Å². The van der Waals surface area contributed by atoms with Gasteiger partial charge in [0.1, 0.15) is 17.9 Å². The summed E-state index contributed by atoms with van der Waals surface area (Å²) in [6.07, 6.45) is -0.804. The van der Waals surface area contributed by atoms with Gasteiger partial charge in [0.25, 0.3) is 0 Å². The number of Topliss-reactive ketones (excluding diaryl/α,β-unsaturated/α-hetero) is 1. The summed E-state index contributed by atoms with van der Waals surface area (Å²) >= 11 is 12.5. The van der Waals surface area contributed by atoms with E-state index < -0.39 is 45.4 Å². The number of hydrogen-bond donors (Lipinski definition) is 0. The number of ether oxygens (including phenoxy) is 2. The molecule has 1 fully saturated rings. The number of rotatable bonds is 6. The van der Waals surface area contributed by atoms with E-state index in [1.165, 1.54) is 19.1 Å². The predicted molar refractivity (Wildman–Crippen MR) is 142 cm³/mol. The van der Waals surface area contributed by atoms with Crippen molar-refractivity contribution < 1.29 is 32.6 Å². The van der Waals surface area contributed by atoms with Crippen LogP contribution < -0.4 is 0 Å². The van der Waals surface area contributed by atoms with E-state index in [4.69, 9.17) is 32.7 Å². The van der Waals surface area contributed by atoms with E-state index in [9.17, 15) is 23.2 Å². The summed E-state index contributed by atoms with van der Waals surface area (Å²) in [5, 5.41) is -1.08. The Balaban J connectivity index is 1.56. The second-order valence-corrected chi connectivity index (χ2v) is 12.9. The molecule has 2 aliphatic rings. The molecule has 1 unspecified atom stereocenters. The highest BCUT2D eigenvalue weighted by molar-refractivity contribution is 8.14. The van der Waals surface area contributed by atoms with E-state index in [0.29, 0.717) is 30.4 Å². The topological polar surface area (TPSA) is 72.9 Å². The molecule has 0 aromatic heterocycles. The van der Waals surface area contributed by atoms with E-state index in [1.807, 2.05) is 0 Å². The minimum absolute atomic E-state index is 0.144. The number of alkyl halides is 1. The maximum Gasteiger partial charge on any atom is 0.410 e. The number of amides is 1. The van der Waals surface area contributed by atoms with Crippen LogP contribution in [0.15, 0.2) is 30.3 Å². The van der Waals surface area contributed by atoms with Crippen LogP contribution in [0.3, 0.4) is 0 Å². The van der Waals surface area contributed by atoms with Gasteiger partial charge in [-0.2, -0.15) is 0 Å². The molecule has 38 heavy (non-hydrogen) atoms. The minimum Gasteiger partial charge on any atom is -0.444 e. The molecule has 2 aromatic rings. The molecule has 1 saturated heterocycles. The summed E-state index contributed by atoms with van der Waals surface area (Å²) in [6.45, 7) is 6.47. The van der Waals surface area contributed by atoms with E-state index in [2.05, 4.69) is 0 Å². The molecule has 2 aromatic carbocycles. The molecule has 1 spiro atoms. The van der Waals surface area contributed by atoms with Crippen molar-refractivity contribution in [3.05, 3.63) is 68.4 Å². The highest BCUT2D eigenvalue weighted by Gasteiger charge is 2.52. The van der Waals surface area contributed by atoms with Gasteiger partial charge in [-0.05, 0) is 55.7 Å². The molecular formula is C27H27Cl2F2NO5S. The van der Waals surface area contributed by atoms with Gasteiger partial charge in [-0.1, -0.05) is 47.1 Å². The quantitative estimate of drug-likeness (QED) is 0.273. The van der Waals surface area contributed by atoms with Crippen LogP contribution in [0, 0.1) is 5.82 Å². The lowest BCUT2D eigenvalue weighted by Crippen LogP contribution is -2.61. The van der Waals surface area contributed by atoms with Crippen molar-refractivity contribution >= 4 is 52.0 Å². The Hall–Kier alpha value is -2.20. The Kier molecular flexibility index (Phi) is 7.89. The molecule has 1 atom stereocenters. The molecule has 6 nitrogen and oxygen atoms in total. The third-order valence-electron chi connectivity index (χ3n) is 6.48. The van der Waals surface area contributed by atoms with E-state index in [0.717, 1.165) is 11.1 Å². The van der Waals surface area contributed by atoms with Gasteiger partial charge < -0.3 is 14.4 Å². The van der Waals surface area contributed by atoms with Crippen LogP contribution in [0.2, 0.25) is 10.0 Å². The second-order valence-electron chi connectivity index (χ2n) is 10.6. The van der Waals surface area contributed by atoms with Crippen LogP contribution in [0.5, 0.6) is 0 Å². The first-order valence-electron chi connectivity index (χ1n) is 11.9. The van der Waals surface area contributed by atoms with Crippen LogP contribution in [0.1, 0.15) is 61.2 Å². The van der Waals surface area contributed by atoms with Crippen LogP contribution in [0.4, 0.5) is 13.6 Å². The molecule has 2 heterocycles. The second kappa shape index (κ2) is 10.4. The van der Waals surface area contributed by atoms with Gasteiger partial charge in [0.2, 0.25) is 0 Å². The van der Waals surface area contributed by atoms with Gasteiger partial charge >= 0.3 is 6.09 Å². The van der Waals surface area contributed by atoms with Gasteiger partial charge in [0.15, 0.2) is 16.7 Å². The normalized spacial score (nSPS) is 17.5. The number of fused-ring (bicyclic) bond motifs is 2. The van der Waals surface area contributed by atoms with Crippen LogP contribution in [0.25, 0.3) is 0 Å². The third-order valence-corrected chi connectivity index (χ3v) is 8.19. The molecule has 204 valence electrons. The fraction of sp³-hybridized carbons (Fsp3) is 0.444. The molecule has 0 bridgehead atoms. The number of benzene rings is 2. The lowest BCUT2D eigenvalue weighted by molar-refractivity contribution is -0.137. The molecular weight excluding hydrogens is 559 g/mol. The highest BCUT2D eigenvalue weighted by Crippen LogP contribution is 2.46. The van der Waals surface area contributed by atoms with Crippen molar-refractivity contribution in [2.24, 2.45) is 0 Å². The number of likely N-dealkylation sites (tertiary alicyclic amines) is 1. The van der Waals surface area contributed by atoms with Crippen molar-refractivity contribution in [2.75, 3.05) is 19.8 Å². The zero-order chi connectivity index (χ0) is 28.0. The number of carbonyl (C=O) groups excluding carboxylic acids is 3. The zero-order valence-corrected chi connectivity index (χ0v) is 23.7. The average molecular weight is 586 g/mol. The highest BCUT2D eigenvalue weighted by atomic mass is 35.5. The summed E-state index contributed by atoms with van der Waals surface area (Å²) in [7, 11) is 0. The maximum atomic E-state index is 14.6. The number of carbonyl (C=O) groups is 3. The Morgan fingerprint density at radius 3 is 2.32 bits per heavy atom. The minimum atomic E-state index is -1.64.